The fourth-order valence-electron chi connectivity index (χ4n) is 3.35. The highest BCUT2D eigenvalue weighted by Gasteiger charge is 2.35. The van der Waals surface area contributed by atoms with Crippen LogP contribution in [0.15, 0.2) is 57.9 Å². The molecule has 1 saturated heterocycles. The van der Waals surface area contributed by atoms with Gasteiger partial charge in [-0.2, -0.15) is 0 Å². The van der Waals surface area contributed by atoms with E-state index in [2.05, 4.69) is 33.4 Å². The summed E-state index contributed by atoms with van der Waals surface area (Å²) >= 11 is 3.52. The van der Waals surface area contributed by atoms with Crippen LogP contribution in [0.25, 0.3) is 0 Å². The van der Waals surface area contributed by atoms with Crippen molar-refractivity contribution in [3.63, 3.8) is 0 Å². The summed E-state index contributed by atoms with van der Waals surface area (Å²) in [5.74, 6) is -0.212. The Morgan fingerprint density at radius 3 is 2.41 bits per heavy atom. The summed E-state index contributed by atoms with van der Waals surface area (Å²) in [6, 6.07) is 14.2. The molecule has 2 aromatic rings. The van der Waals surface area contributed by atoms with E-state index in [0.717, 1.165) is 23.6 Å². The largest absolute Gasteiger partial charge is 0.381 e. The molecular formula is C20H22BrNO4S. The van der Waals surface area contributed by atoms with Gasteiger partial charge >= 0.3 is 0 Å². The van der Waals surface area contributed by atoms with E-state index < -0.39 is 9.84 Å². The van der Waals surface area contributed by atoms with E-state index in [1.54, 1.807) is 12.1 Å². The first-order valence-electron chi connectivity index (χ1n) is 8.72. The molecule has 7 heteroatoms. The van der Waals surface area contributed by atoms with Crippen LogP contribution < -0.4 is 5.32 Å². The zero-order chi connectivity index (χ0) is 19.5. The molecular weight excluding hydrogens is 430 g/mol. The van der Waals surface area contributed by atoms with Crippen molar-refractivity contribution in [2.45, 2.75) is 23.2 Å². The lowest BCUT2D eigenvalue weighted by Crippen LogP contribution is -2.44. The normalized spacial score (nSPS) is 16.7. The van der Waals surface area contributed by atoms with Gasteiger partial charge in [-0.3, -0.25) is 4.79 Å². The second kappa shape index (κ2) is 8.12. The minimum Gasteiger partial charge on any atom is -0.381 e. The van der Waals surface area contributed by atoms with E-state index in [1.807, 2.05) is 12.1 Å². The summed E-state index contributed by atoms with van der Waals surface area (Å²) in [7, 11) is -3.27. The van der Waals surface area contributed by atoms with Crippen LogP contribution in [-0.4, -0.2) is 40.3 Å². The number of carbonyl (C=O) groups excluding carboxylic acids is 1. The molecule has 0 unspecified atom stereocenters. The second-order valence-corrected chi connectivity index (χ2v) is 9.81. The third kappa shape index (κ3) is 4.78. The monoisotopic (exact) mass is 451 g/mol. The lowest BCUT2D eigenvalue weighted by Gasteiger charge is -2.38. The molecule has 0 aliphatic carbocycles. The minimum atomic E-state index is -3.27. The maximum absolute atomic E-state index is 12.6. The topological polar surface area (TPSA) is 72.5 Å². The van der Waals surface area contributed by atoms with Gasteiger partial charge in [0.15, 0.2) is 9.84 Å². The Morgan fingerprint density at radius 1 is 1.15 bits per heavy atom. The summed E-state index contributed by atoms with van der Waals surface area (Å²) in [5, 5.41) is 3.03. The Kier molecular flexibility index (Phi) is 6.03. The third-order valence-corrected chi connectivity index (χ3v) is 6.64. The first-order chi connectivity index (χ1) is 12.8. The Morgan fingerprint density at radius 2 is 1.81 bits per heavy atom. The van der Waals surface area contributed by atoms with E-state index >= 15 is 0 Å². The number of amides is 1. The van der Waals surface area contributed by atoms with Crippen LogP contribution in [-0.2, 0) is 20.0 Å². The number of benzene rings is 2. The van der Waals surface area contributed by atoms with Crippen molar-refractivity contribution in [3.8, 4) is 0 Å². The van der Waals surface area contributed by atoms with Crippen molar-refractivity contribution in [2.75, 3.05) is 26.0 Å². The van der Waals surface area contributed by atoms with Crippen molar-refractivity contribution in [2.24, 2.45) is 0 Å². The smallest absolute Gasteiger partial charge is 0.251 e. The fourth-order valence-corrected chi connectivity index (χ4v) is 4.38. The van der Waals surface area contributed by atoms with Crippen LogP contribution in [0.4, 0.5) is 0 Å². The molecule has 0 bridgehead atoms. The predicted octanol–water partition coefficient (Wildman–Crippen LogP) is 3.33. The molecule has 1 amide bonds. The van der Waals surface area contributed by atoms with Gasteiger partial charge in [-0.1, -0.05) is 28.1 Å². The van der Waals surface area contributed by atoms with Crippen molar-refractivity contribution in [1.29, 1.82) is 0 Å². The van der Waals surface area contributed by atoms with Gasteiger partial charge in [0.25, 0.3) is 5.91 Å². The number of nitrogens with one attached hydrogen (secondary N) is 1. The van der Waals surface area contributed by atoms with E-state index in [9.17, 15) is 13.2 Å². The Hall–Kier alpha value is -1.70. The molecule has 1 N–H and O–H groups in total. The Bertz CT molecular complexity index is 919. The molecule has 1 aliphatic heterocycles. The quantitative estimate of drug-likeness (QED) is 0.756. The van der Waals surface area contributed by atoms with E-state index in [1.165, 1.54) is 17.7 Å². The molecule has 144 valence electrons. The predicted molar refractivity (Wildman–Crippen MR) is 108 cm³/mol. The molecule has 27 heavy (non-hydrogen) atoms. The molecule has 1 fully saturated rings. The molecule has 0 radical (unpaired) electrons. The highest BCUT2D eigenvalue weighted by Crippen LogP contribution is 2.35. The number of rotatable bonds is 5. The number of carbonyl (C=O) groups is 1. The molecule has 0 spiro atoms. The SMILES string of the molecule is CS(=O)(=O)c1ccc(C(=O)NCC2(c3cccc(Br)c3)CCOCC2)cc1. The van der Waals surface area contributed by atoms with Gasteiger partial charge in [0, 0.05) is 41.5 Å². The van der Waals surface area contributed by atoms with Crippen molar-refractivity contribution in [3.05, 3.63) is 64.1 Å². The summed E-state index contributed by atoms with van der Waals surface area (Å²) in [6.07, 6.45) is 2.81. The van der Waals surface area contributed by atoms with Crippen molar-refractivity contribution in [1.82, 2.24) is 5.32 Å². The highest BCUT2D eigenvalue weighted by molar-refractivity contribution is 9.10. The standard InChI is InChI=1S/C20H22BrNO4S/c1-27(24,25)18-7-5-15(6-8-18)19(23)22-14-20(9-11-26-12-10-20)16-3-2-4-17(21)13-16/h2-8,13H,9-12,14H2,1H3,(H,22,23). The van der Waals surface area contributed by atoms with Gasteiger partial charge in [0.1, 0.15) is 0 Å². The molecule has 0 aromatic heterocycles. The first kappa shape index (κ1) is 20.0. The molecule has 3 rings (SSSR count). The summed E-state index contributed by atoms with van der Waals surface area (Å²) in [5.41, 5.74) is 1.44. The summed E-state index contributed by atoms with van der Waals surface area (Å²) < 4.78 is 29.7. The average molecular weight is 452 g/mol. The average Bonchev–Trinajstić information content (AvgIpc) is 2.66. The third-order valence-electron chi connectivity index (χ3n) is 5.02. The van der Waals surface area contributed by atoms with Crippen LogP contribution in [0.5, 0.6) is 0 Å². The zero-order valence-corrected chi connectivity index (χ0v) is 17.5. The van der Waals surface area contributed by atoms with E-state index in [-0.39, 0.29) is 16.2 Å². The van der Waals surface area contributed by atoms with E-state index in [4.69, 9.17) is 4.74 Å². The first-order valence-corrected chi connectivity index (χ1v) is 11.4. The number of halogens is 1. The lowest BCUT2D eigenvalue weighted by atomic mass is 9.74. The van der Waals surface area contributed by atoms with Crippen molar-refractivity contribution >= 4 is 31.7 Å². The molecule has 2 aromatic carbocycles. The Balaban J connectivity index is 1.76. The number of hydrogen-bond donors (Lipinski definition) is 1. The molecule has 5 nitrogen and oxygen atoms in total. The molecule has 0 atom stereocenters. The fraction of sp³-hybridized carbons (Fsp3) is 0.350. The van der Waals surface area contributed by atoms with Crippen LogP contribution in [0, 0.1) is 0 Å². The van der Waals surface area contributed by atoms with Crippen LogP contribution in [0.2, 0.25) is 0 Å². The highest BCUT2D eigenvalue weighted by atomic mass is 79.9. The second-order valence-electron chi connectivity index (χ2n) is 6.88. The molecule has 1 heterocycles. The van der Waals surface area contributed by atoms with Gasteiger partial charge in [-0.25, -0.2) is 8.42 Å². The Labute approximate surface area is 168 Å². The van der Waals surface area contributed by atoms with Gasteiger partial charge < -0.3 is 10.1 Å². The molecule has 0 saturated carbocycles. The van der Waals surface area contributed by atoms with Crippen LogP contribution in [0.1, 0.15) is 28.8 Å². The molecule has 1 aliphatic rings. The van der Waals surface area contributed by atoms with E-state index in [0.29, 0.717) is 25.3 Å². The summed E-state index contributed by atoms with van der Waals surface area (Å²) in [4.78, 5) is 12.8. The summed E-state index contributed by atoms with van der Waals surface area (Å²) in [6.45, 7) is 1.82. The minimum absolute atomic E-state index is 0.176. The van der Waals surface area contributed by atoms with Gasteiger partial charge in [-0.05, 0) is 54.8 Å². The van der Waals surface area contributed by atoms with Crippen molar-refractivity contribution < 1.29 is 17.9 Å². The van der Waals surface area contributed by atoms with Gasteiger partial charge in [0.05, 0.1) is 4.90 Å². The number of hydrogen-bond acceptors (Lipinski definition) is 4. The number of ether oxygens (including phenoxy) is 1. The van der Waals surface area contributed by atoms with Crippen LogP contribution in [0.3, 0.4) is 0 Å². The maximum atomic E-state index is 12.6. The van der Waals surface area contributed by atoms with Gasteiger partial charge in [0.2, 0.25) is 0 Å². The maximum Gasteiger partial charge on any atom is 0.251 e. The van der Waals surface area contributed by atoms with Crippen LogP contribution >= 0.6 is 15.9 Å². The number of sulfone groups is 1. The zero-order valence-electron chi connectivity index (χ0n) is 15.1. The lowest BCUT2D eigenvalue weighted by molar-refractivity contribution is 0.0487. The van der Waals surface area contributed by atoms with Gasteiger partial charge in [-0.15, -0.1) is 0 Å².